The SMILES string of the molecule is FC(F)(F)C(F)(F)C(F)(F)C(F)(F)C(F)(F)C(F)(F)C(F)(F)C(F)(F)/C(=N/N1CCOCC1)c1ccccc1. The molecular formula is C19H13F17N2O. The highest BCUT2D eigenvalue weighted by molar-refractivity contribution is 6.06. The van der Waals surface area contributed by atoms with Crippen LogP contribution in [0, 0.1) is 0 Å². The molecule has 0 radical (unpaired) electrons. The predicted octanol–water partition coefficient (Wildman–Crippen LogP) is 6.73. The summed E-state index contributed by atoms with van der Waals surface area (Å²) >= 11 is 0. The number of morpholine rings is 1. The summed E-state index contributed by atoms with van der Waals surface area (Å²) in [5.74, 6) is -57.1. The third-order valence-electron chi connectivity index (χ3n) is 5.30. The van der Waals surface area contributed by atoms with Crippen LogP contribution in [0.3, 0.4) is 0 Å². The summed E-state index contributed by atoms with van der Waals surface area (Å²) in [5, 5.41) is 3.46. The first-order chi connectivity index (χ1) is 17.3. The minimum absolute atomic E-state index is 0.309. The van der Waals surface area contributed by atoms with E-state index in [-0.39, 0.29) is 13.2 Å². The lowest BCUT2D eigenvalue weighted by Crippen LogP contribution is -2.75. The van der Waals surface area contributed by atoms with Crippen molar-refractivity contribution in [3.05, 3.63) is 35.9 Å². The van der Waals surface area contributed by atoms with Crippen molar-refractivity contribution in [2.75, 3.05) is 26.3 Å². The summed E-state index contributed by atoms with van der Waals surface area (Å²) in [6.45, 7) is -1.59. The van der Waals surface area contributed by atoms with Crippen molar-refractivity contribution in [2.24, 2.45) is 5.10 Å². The molecule has 1 aliphatic rings. The van der Waals surface area contributed by atoms with Gasteiger partial charge in [-0.2, -0.15) is 79.7 Å². The summed E-state index contributed by atoms with van der Waals surface area (Å²) in [6, 6.07) is 3.68. The van der Waals surface area contributed by atoms with E-state index in [1.165, 1.54) is 0 Å². The molecule has 0 aromatic heterocycles. The molecule has 0 amide bonds. The smallest absolute Gasteiger partial charge is 0.378 e. The Labute approximate surface area is 206 Å². The zero-order valence-electron chi connectivity index (χ0n) is 18.4. The van der Waals surface area contributed by atoms with Crippen LogP contribution < -0.4 is 0 Å². The Morgan fingerprint density at radius 3 is 1.36 bits per heavy atom. The van der Waals surface area contributed by atoms with Crippen LogP contribution in [0.1, 0.15) is 5.56 Å². The summed E-state index contributed by atoms with van der Waals surface area (Å²) in [4.78, 5) is 0. The van der Waals surface area contributed by atoms with Gasteiger partial charge in [0.15, 0.2) is 0 Å². The summed E-state index contributed by atoms with van der Waals surface area (Å²) < 4.78 is 237. The Kier molecular flexibility index (Phi) is 8.23. The van der Waals surface area contributed by atoms with E-state index in [0.29, 0.717) is 17.1 Å². The molecule has 224 valence electrons. The van der Waals surface area contributed by atoms with Gasteiger partial charge >= 0.3 is 47.6 Å². The monoisotopic (exact) mass is 608 g/mol. The number of ether oxygens (including phenoxy) is 1. The lowest BCUT2D eigenvalue weighted by atomic mass is 9.87. The predicted molar refractivity (Wildman–Crippen MR) is 96.1 cm³/mol. The van der Waals surface area contributed by atoms with E-state index in [1.54, 1.807) is 0 Å². The Morgan fingerprint density at radius 1 is 0.564 bits per heavy atom. The van der Waals surface area contributed by atoms with Crippen LogP contribution in [0.2, 0.25) is 0 Å². The van der Waals surface area contributed by atoms with E-state index < -0.39 is 72.0 Å². The average Bonchev–Trinajstić information content (AvgIpc) is 2.82. The van der Waals surface area contributed by atoms with Crippen molar-refractivity contribution in [3.63, 3.8) is 0 Å². The molecule has 3 nitrogen and oxygen atoms in total. The molecule has 0 spiro atoms. The fraction of sp³-hybridized carbons (Fsp3) is 0.632. The molecular weight excluding hydrogens is 595 g/mol. The number of hydrogen-bond donors (Lipinski definition) is 0. The molecule has 0 bridgehead atoms. The summed E-state index contributed by atoms with van der Waals surface area (Å²) in [7, 11) is 0. The van der Waals surface area contributed by atoms with Gasteiger partial charge < -0.3 is 4.74 Å². The van der Waals surface area contributed by atoms with Gasteiger partial charge in [0.05, 0.1) is 26.3 Å². The maximum atomic E-state index is 14.9. The van der Waals surface area contributed by atoms with Gasteiger partial charge in [-0.15, -0.1) is 0 Å². The van der Waals surface area contributed by atoms with Crippen molar-refractivity contribution >= 4 is 5.71 Å². The molecule has 1 fully saturated rings. The molecule has 0 saturated carbocycles. The first-order valence-electron chi connectivity index (χ1n) is 10.0. The van der Waals surface area contributed by atoms with E-state index >= 15 is 0 Å². The highest BCUT2D eigenvalue weighted by Gasteiger charge is 2.95. The zero-order valence-corrected chi connectivity index (χ0v) is 18.4. The van der Waals surface area contributed by atoms with Crippen molar-refractivity contribution in [3.8, 4) is 0 Å². The maximum absolute atomic E-state index is 14.9. The number of hydrogen-bond acceptors (Lipinski definition) is 3. The first-order valence-corrected chi connectivity index (χ1v) is 10.0. The molecule has 0 aliphatic carbocycles. The number of benzene rings is 1. The molecule has 0 N–H and O–H groups in total. The zero-order chi connectivity index (χ0) is 30.5. The number of alkyl halides is 17. The average molecular weight is 608 g/mol. The Hall–Kier alpha value is -2.54. The van der Waals surface area contributed by atoms with Crippen LogP contribution in [0.25, 0.3) is 0 Å². The van der Waals surface area contributed by atoms with E-state index in [4.69, 9.17) is 4.74 Å². The van der Waals surface area contributed by atoms with Crippen LogP contribution in [0.4, 0.5) is 74.6 Å². The van der Waals surface area contributed by atoms with Crippen molar-refractivity contribution in [2.45, 2.75) is 47.6 Å². The van der Waals surface area contributed by atoms with Crippen molar-refractivity contribution in [1.29, 1.82) is 0 Å². The van der Waals surface area contributed by atoms with Crippen molar-refractivity contribution < 1.29 is 79.4 Å². The molecule has 39 heavy (non-hydrogen) atoms. The Bertz CT molecular complexity index is 1030. The highest BCUT2D eigenvalue weighted by atomic mass is 19.4. The minimum Gasteiger partial charge on any atom is -0.378 e. The van der Waals surface area contributed by atoms with Gasteiger partial charge in [0.1, 0.15) is 5.71 Å². The number of hydrazone groups is 1. The lowest BCUT2D eigenvalue weighted by molar-refractivity contribution is -0.458. The lowest BCUT2D eigenvalue weighted by Gasteiger charge is -2.43. The molecule has 1 saturated heterocycles. The molecule has 1 aliphatic heterocycles. The molecule has 1 aromatic rings. The van der Waals surface area contributed by atoms with Gasteiger partial charge in [-0.3, -0.25) is 5.01 Å². The second kappa shape index (κ2) is 9.83. The molecule has 1 heterocycles. The van der Waals surface area contributed by atoms with Crippen molar-refractivity contribution in [1.82, 2.24) is 5.01 Å². The fourth-order valence-corrected chi connectivity index (χ4v) is 3.01. The minimum atomic E-state index is -8.68. The topological polar surface area (TPSA) is 24.8 Å². The standard InChI is InChI=1S/C19H13F17N2O/c20-12(21,11(10-4-2-1-3-5-10)37-38-6-8-39-9-7-38)13(22,23)14(24,25)15(26,27)16(28,29)17(30,31)18(32,33)19(34,35)36/h1-5H,6-9H2/b37-11+. The van der Waals surface area contributed by atoms with Crippen LogP contribution in [-0.2, 0) is 4.74 Å². The quantitative estimate of drug-likeness (QED) is 0.230. The molecule has 2 rings (SSSR count). The van der Waals surface area contributed by atoms with Crippen LogP contribution in [0.5, 0.6) is 0 Å². The molecule has 0 atom stereocenters. The second-order valence-electron chi connectivity index (χ2n) is 7.90. The van der Waals surface area contributed by atoms with Gasteiger partial charge in [0.25, 0.3) is 0 Å². The number of halogens is 17. The third-order valence-corrected chi connectivity index (χ3v) is 5.30. The molecule has 20 heteroatoms. The number of rotatable bonds is 9. The van der Waals surface area contributed by atoms with Gasteiger partial charge in [-0.1, -0.05) is 30.3 Å². The van der Waals surface area contributed by atoms with E-state index in [0.717, 1.165) is 18.2 Å². The van der Waals surface area contributed by atoms with Gasteiger partial charge in [-0.25, -0.2) is 0 Å². The number of nitrogens with zero attached hydrogens (tertiary/aromatic N) is 2. The van der Waals surface area contributed by atoms with Gasteiger partial charge in [-0.05, 0) is 0 Å². The van der Waals surface area contributed by atoms with Gasteiger partial charge in [0, 0.05) is 5.56 Å². The normalized spacial score (nSPS) is 18.0. The van der Waals surface area contributed by atoms with Gasteiger partial charge in [0.2, 0.25) is 0 Å². The first kappa shape index (κ1) is 32.7. The van der Waals surface area contributed by atoms with Crippen LogP contribution in [-0.4, -0.2) is 84.7 Å². The second-order valence-corrected chi connectivity index (χ2v) is 7.90. The molecule has 0 unspecified atom stereocenters. The summed E-state index contributed by atoms with van der Waals surface area (Å²) in [6.07, 6.45) is -7.80. The van der Waals surface area contributed by atoms with E-state index in [9.17, 15) is 74.6 Å². The molecule has 1 aromatic carbocycles. The van der Waals surface area contributed by atoms with E-state index in [1.807, 2.05) is 0 Å². The largest absolute Gasteiger partial charge is 0.460 e. The fourth-order valence-electron chi connectivity index (χ4n) is 3.01. The van der Waals surface area contributed by atoms with E-state index in [2.05, 4.69) is 5.10 Å². The summed E-state index contributed by atoms with van der Waals surface area (Å²) in [5.41, 5.74) is -3.69. The maximum Gasteiger partial charge on any atom is 0.460 e. The van der Waals surface area contributed by atoms with Crippen LogP contribution >= 0.6 is 0 Å². The highest BCUT2D eigenvalue weighted by Crippen LogP contribution is 2.64. The van der Waals surface area contributed by atoms with Crippen LogP contribution in [0.15, 0.2) is 35.4 Å². The Balaban J connectivity index is 2.72. The third kappa shape index (κ3) is 4.85. The Morgan fingerprint density at radius 2 is 0.949 bits per heavy atom.